The lowest BCUT2D eigenvalue weighted by atomic mass is 9.93. The van der Waals surface area contributed by atoms with Gasteiger partial charge in [-0.25, -0.2) is 4.98 Å². The second-order valence-corrected chi connectivity index (χ2v) is 4.78. The molecule has 0 saturated carbocycles. The van der Waals surface area contributed by atoms with E-state index < -0.39 is 0 Å². The third-order valence-corrected chi connectivity index (χ3v) is 2.50. The molecule has 0 unspecified atom stereocenters. The normalized spacial score (nSPS) is 12.3. The van der Waals surface area contributed by atoms with E-state index in [1.54, 1.807) is 0 Å². The number of hydrogen-bond acceptors (Lipinski definition) is 1. The molecule has 0 atom stereocenters. The quantitative estimate of drug-likeness (QED) is 0.621. The van der Waals surface area contributed by atoms with Crippen LogP contribution in [0.5, 0.6) is 0 Å². The van der Waals surface area contributed by atoms with E-state index in [-0.39, 0.29) is 5.41 Å². The Kier molecular flexibility index (Phi) is 1.88. The zero-order valence-electron chi connectivity index (χ0n) is 9.20. The van der Waals surface area contributed by atoms with Gasteiger partial charge in [-0.3, -0.25) is 0 Å². The van der Waals surface area contributed by atoms with Gasteiger partial charge in [-0.1, -0.05) is 26.8 Å². The summed E-state index contributed by atoms with van der Waals surface area (Å²) >= 11 is 0. The van der Waals surface area contributed by atoms with Crippen LogP contribution in [0.4, 0.5) is 0 Å². The van der Waals surface area contributed by atoms with Gasteiger partial charge in [-0.05, 0) is 18.6 Å². The summed E-state index contributed by atoms with van der Waals surface area (Å²) in [6, 6.07) is 4.16. The summed E-state index contributed by atoms with van der Waals surface area (Å²) in [5.41, 5.74) is 3.70. The predicted molar refractivity (Wildman–Crippen MR) is 58.6 cm³/mol. The summed E-state index contributed by atoms with van der Waals surface area (Å²) in [5, 5.41) is 0. The number of aromatic nitrogens is 2. The van der Waals surface area contributed by atoms with Gasteiger partial charge in [-0.15, -0.1) is 0 Å². The molecule has 2 aromatic heterocycles. The lowest BCUT2D eigenvalue weighted by molar-refractivity contribution is 0.563. The van der Waals surface area contributed by atoms with Crippen molar-refractivity contribution in [1.82, 2.24) is 9.38 Å². The third kappa shape index (κ3) is 1.31. The molecule has 2 heteroatoms. The maximum Gasteiger partial charge on any atom is 0.139 e. The average Bonchev–Trinajstić information content (AvgIpc) is 2.47. The molecule has 0 N–H and O–H groups in total. The van der Waals surface area contributed by atoms with Gasteiger partial charge in [0.25, 0.3) is 0 Å². The number of rotatable bonds is 0. The van der Waals surface area contributed by atoms with Crippen LogP contribution in [-0.2, 0) is 5.41 Å². The van der Waals surface area contributed by atoms with Gasteiger partial charge in [0.05, 0.1) is 0 Å². The van der Waals surface area contributed by atoms with Crippen LogP contribution in [0.1, 0.15) is 32.0 Å². The van der Waals surface area contributed by atoms with Crippen molar-refractivity contribution in [3.05, 3.63) is 35.8 Å². The molecule has 0 saturated heterocycles. The summed E-state index contributed by atoms with van der Waals surface area (Å²) in [6.45, 7) is 8.71. The monoisotopic (exact) mass is 188 g/mol. The number of imidazole rings is 1. The molecule has 2 rings (SSSR count). The minimum Gasteiger partial charge on any atom is -0.303 e. The van der Waals surface area contributed by atoms with Crippen LogP contribution in [0, 0.1) is 6.92 Å². The largest absolute Gasteiger partial charge is 0.303 e. The summed E-state index contributed by atoms with van der Waals surface area (Å²) in [6.07, 6.45) is 4.05. The highest BCUT2D eigenvalue weighted by atomic mass is 15.0. The van der Waals surface area contributed by atoms with Gasteiger partial charge in [0, 0.05) is 23.5 Å². The molecule has 0 radical (unpaired) electrons. The second-order valence-electron chi connectivity index (χ2n) is 4.78. The number of aryl methyl sites for hydroxylation is 1. The van der Waals surface area contributed by atoms with Crippen LogP contribution < -0.4 is 0 Å². The van der Waals surface area contributed by atoms with Gasteiger partial charge < -0.3 is 4.40 Å². The van der Waals surface area contributed by atoms with Crippen molar-refractivity contribution in [3.8, 4) is 0 Å². The van der Waals surface area contributed by atoms with Crippen molar-refractivity contribution in [3.63, 3.8) is 0 Å². The smallest absolute Gasteiger partial charge is 0.139 e. The highest BCUT2D eigenvalue weighted by Gasteiger charge is 2.18. The van der Waals surface area contributed by atoms with E-state index in [1.807, 2.05) is 6.20 Å². The zero-order valence-corrected chi connectivity index (χ0v) is 9.20. The lowest BCUT2D eigenvalue weighted by Gasteiger charge is -2.17. The molecule has 14 heavy (non-hydrogen) atoms. The zero-order chi connectivity index (χ0) is 10.3. The molecular formula is C12H16N2. The van der Waals surface area contributed by atoms with Crippen LogP contribution in [0.15, 0.2) is 24.5 Å². The standard InChI is InChI=1S/C12H16N2/c1-9-6-5-7-14-10(12(2,3)4)8-13-11(9)14/h5-8H,1-4H3. The number of pyridine rings is 1. The van der Waals surface area contributed by atoms with Crippen molar-refractivity contribution in [2.75, 3.05) is 0 Å². The van der Waals surface area contributed by atoms with Crippen molar-refractivity contribution in [2.45, 2.75) is 33.1 Å². The maximum atomic E-state index is 4.45. The molecule has 0 bridgehead atoms. The summed E-state index contributed by atoms with van der Waals surface area (Å²) in [5.74, 6) is 0. The van der Waals surface area contributed by atoms with Gasteiger partial charge in [0.15, 0.2) is 0 Å². The van der Waals surface area contributed by atoms with Crippen LogP contribution in [-0.4, -0.2) is 9.38 Å². The summed E-state index contributed by atoms with van der Waals surface area (Å²) in [7, 11) is 0. The Hall–Kier alpha value is -1.31. The molecule has 0 aliphatic rings. The molecular weight excluding hydrogens is 172 g/mol. The topological polar surface area (TPSA) is 17.3 Å². The predicted octanol–water partition coefficient (Wildman–Crippen LogP) is 2.94. The molecule has 2 aromatic rings. The first-order valence-electron chi connectivity index (χ1n) is 4.93. The highest BCUT2D eigenvalue weighted by Crippen LogP contribution is 2.23. The third-order valence-electron chi connectivity index (χ3n) is 2.50. The molecule has 0 spiro atoms. The minimum atomic E-state index is 0.146. The first-order valence-corrected chi connectivity index (χ1v) is 4.93. The Morgan fingerprint density at radius 1 is 1.29 bits per heavy atom. The highest BCUT2D eigenvalue weighted by molar-refractivity contribution is 5.48. The van der Waals surface area contributed by atoms with Crippen LogP contribution in [0.3, 0.4) is 0 Å². The number of hydrogen-bond donors (Lipinski definition) is 0. The molecule has 0 aromatic carbocycles. The first kappa shape index (κ1) is 9.25. The Morgan fingerprint density at radius 3 is 2.64 bits per heavy atom. The minimum absolute atomic E-state index is 0.146. The molecule has 2 nitrogen and oxygen atoms in total. The van der Waals surface area contributed by atoms with Gasteiger partial charge >= 0.3 is 0 Å². The van der Waals surface area contributed by atoms with E-state index in [2.05, 4.69) is 55.4 Å². The maximum absolute atomic E-state index is 4.45. The fourth-order valence-corrected chi connectivity index (χ4v) is 1.71. The Bertz CT molecular complexity index is 461. The van der Waals surface area contributed by atoms with Crippen LogP contribution >= 0.6 is 0 Å². The average molecular weight is 188 g/mol. The van der Waals surface area contributed by atoms with Crippen molar-refractivity contribution >= 4 is 5.65 Å². The van der Waals surface area contributed by atoms with Crippen LogP contribution in [0.25, 0.3) is 5.65 Å². The first-order chi connectivity index (χ1) is 6.50. The molecule has 0 aliphatic carbocycles. The lowest BCUT2D eigenvalue weighted by Crippen LogP contribution is -2.13. The van der Waals surface area contributed by atoms with E-state index >= 15 is 0 Å². The van der Waals surface area contributed by atoms with Crippen molar-refractivity contribution < 1.29 is 0 Å². The summed E-state index contributed by atoms with van der Waals surface area (Å²) in [4.78, 5) is 4.45. The molecule has 0 amide bonds. The molecule has 74 valence electrons. The van der Waals surface area contributed by atoms with E-state index in [4.69, 9.17) is 0 Å². The number of fused-ring (bicyclic) bond motifs is 1. The fourth-order valence-electron chi connectivity index (χ4n) is 1.71. The fraction of sp³-hybridized carbons (Fsp3) is 0.417. The molecule has 0 aliphatic heterocycles. The van der Waals surface area contributed by atoms with E-state index in [1.165, 1.54) is 11.3 Å². The van der Waals surface area contributed by atoms with Gasteiger partial charge in [0.2, 0.25) is 0 Å². The summed E-state index contributed by atoms with van der Waals surface area (Å²) < 4.78 is 2.18. The van der Waals surface area contributed by atoms with E-state index in [0.717, 1.165) is 5.65 Å². The van der Waals surface area contributed by atoms with E-state index in [0.29, 0.717) is 0 Å². The Morgan fingerprint density at radius 2 is 2.00 bits per heavy atom. The molecule has 2 heterocycles. The van der Waals surface area contributed by atoms with Crippen molar-refractivity contribution in [1.29, 1.82) is 0 Å². The number of nitrogens with zero attached hydrogens (tertiary/aromatic N) is 2. The van der Waals surface area contributed by atoms with Crippen LogP contribution in [0.2, 0.25) is 0 Å². The Labute approximate surface area is 84.6 Å². The SMILES string of the molecule is Cc1cccn2c(C(C)(C)C)cnc12. The van der Waals surface area contributed by atoms with Gasteiger partial charge in [0.1, 0.15) is 5.65 Å². The van der Waals surface area contributed by atoms with Crippen molar-refractivity contribution in [2.24, 2.45) is 0 Å². The van der Waals surface area contributed by atoms with Gasteiger partial charge in [-0.2, -0.15) is 0 Å². The Balaban J connectivity index is 2.76. The second kappa shape index (κ2) is 2.84. The molecule has 0 fully saturated rings. The van der Waals surface area contributed by atoms with E-state index in [9.17, 15) is 0 Å².